The van der Waals surface area contributed by atoms with Crippen molar-refractivity contribution < 1.29 is 4.79 Å². The van der Waals surface area contributed by atoms with Crippen molar-refractivity contribution in [3.63, 3.8) is 0 Å². The van der Waals surface area contributed by atoms with Crippen molar-refractivity contribution in [3.05, 3.63) is 0 Å². The van der Waals surface area contributed by atoms with Gasteiger partial charge in [-0.05, 0) is 26.3 Å². The quantitative estimate of drug-likeness (QED) is 0.455. The van der Waals surface area contributed by atoms with Gasteiger partial charge in [0.2, 0.25) is 0 Å². The third-order valence-electron chi connectivity index (χ3n) is 1.96. The van der Waals surface area contributed by atoms with Crippen LogP contribution >= 0.6 is 33.2 Å². The van der Waals surface area contributed by atoms with Crippen molar-refractivity contribution in [1.29, 1.82) is 0 Å². The number of rotatable bonds is 6. The molecule has 1 N–H and O–H groups in total. The Morgan fingerprint density at radius 3 is 2.20 bits per heavy atom. The molecule has 0 fully saturated rings. The Kier molecular flexibility index (Phi) is 7.78. The minimum Gasteiger partial charge on any atom is -0.338 e. The molecule has 0 heterocycles. The fourth-order valence-corrected chi connectivity index (χ4v) is 2.89. The van der Waals surface area contributed by atoms with Crippen molar-refractivity contribution in [3.8, 4) is 0 Å². The zero-order valence-electron chi connectivity index (χ0n) is 9.02. The molecule has 0 aliphatic rings. The van der Waals surface area contributed by atoms with Gasteiger partial charge in [0.25, 0.3) is 0 Å². The van der Waals surface area contributed by atoms with E-state index >= 15 is 0 Å². The molecule has 0 aromatic rings. The van der Waals surface area contributed by atoms with Crippen molar-refractivity contribution in [2.75, 3.05) is 19.6 Å². The second-order valence-corrected chi connectivity index (χ2v) is 12.4. The molecule has 0 atom stereocenters. The molecule has 0 bridgehead atoms. The lowest BCUT2D eigenvalue weighted by molar-refractivity contribution is 0.203. The van der Waals surface area contributed by atoms with Crippen LogP contribution in [0.25, 0.3) is 0 Å². The highest BCUT2D eigenvalue weighted by Crippen LogP contribution is 2.25. The van der Waals surface area contributed by atoms with E-state index in [1.54, 1.807) is 4.90 Å². The second-order valence-electron chi connectivity index (χ2n) is 3.12. The van der Waals surface area contributed by atoms with Gasteiger partial charge in [0.1, 0.15) is 0 Å². The predicted molar refractivity (Wildman–Crippen MR) is 69.1 cm³/mol. The molecule has 7 heteroatoms. The van der Waals surface area contributed by atoms with E-state index in [4.69, 9.17) is 33.2 Å². The third kappa shape index (κ3) is 8.19. The first kappa shape index (κ1) is 15.4. The van der Waals surface area contributed by atoms with Crippen molar-refractivity contribution in [2.45, 2.75) is 26.3 Å². The van der Waals surface area contributed by atoms with Crippen LogP contribution in [0.5, 0.6) is 0 Å². The Bertz CT molecular complexity index is 195. The molecule has 0 aliphatic heterocycles. The summed E-state index contributed by atoms with van der Waals surface area (Å²) in [6.45, 7) is 5.87. The van der Waals surface area contributed by atoms with E-state index in [-0.39, 0.29) is 6.03 Å². The molecule has 0 saturated heterocycles. The molecule has 90 valence electrons. The lowest BCUT2D eigenvalue weighted by atomic mass is 10.4. The maximum absolute atomic E-state index is 11.5. The van der Waals surface area contributed by atoms with Crippen molar-refractivity contribution in [1.82, 2.24) is 10.2 Å². The number of amides is 2. The van der Waals surface area contributed by atoms with E-state index in [9.17, 15) is 4.79 Å². The Labute approximate surface area is 106 Å². The summed E-state index contributed by atoms with van der Waals surface area (Å²) in [6, 6.07) is -1.99. The van der Waals surface area contributed by atoms with Gasteiger partial charge in [-0.25, -0.2) is 4.79 Å². The highest BCUT2D eigenvalue weighted by Gasteiger charge is 2.23. The first-order chi connectivity index (χ1) is 6.90. The van der Waals surface area contributed by atoms with Gasteiger partial charge in [-0.15, -0.1) is 33.2 Å². The van der Waals surface area contributed by atoms with Crippen LogP contribution < -0.4 is 5.32 Å². The number of hydrogen-bond donors (Lipinski definition) is 1. The fourth-order valence-electron chi connectivity index (χ4n) is 1.11. The molecule has 2 amide bonds. The summed E-state index contributed by atoms with van der Waals surface area (Å²) >= 11 is 17.1. The normalized spacial score (nSPS) is 11.3. The molecule has 0 spiro atoms. The van der Waals surface area contributed by atoms with E-state index in [2.05, 4.69) is 5.32 Å². The third-order valence-corrected chi connectivity index (χ3v) is 4.59. The number of urea groups is 1. The zero-order chi connectivity index (χ0) is 11.9. The van der Waals surface area contributed by atoms with Gasteiger partial charge in [0.05, 0.1) is 0 Å². The van der Waals surface area contributed by atoms with Gasteiger partial charge in [-0.1, -0.05) is 0 Å². The fraction of sp³-hybridized carbons (Fsp3) is 0.875. The lowest BCUT2D eigenvalue weighted by Gasteiger charge is -2.19. The predicted octanol–water partition coefficient (Wildman–Crippen LogP) is 3.08. The number of hydrogen-bond acceptors (Lipinski definition) is 1. The van der Waals surface area contributed by atoms with E-state index in [1.807, 2.05) is 13.8 Å². The van der Waals surface area contributed by atoms with Gasteiger partial charge in [0.15, 0.2) is 0 Å². The Hall–Kier alpha value is 0.357. The SMILES string of the molecule is CCN(CC)C(=O)NCCC[Si](Cl)(Cl)Cl. The summed E-state index contributed by atoms with van der Waals surface area (Å²) in [5.41, 5.74) is 0. The number of halogens is 3. The Morgan fingerprint density at radius 2 is 1.80 bits per heavy atom. The number of nitrogens with one attached hydrogen (secondary N) is 1. The zero-order valence-corrected chi connectivity index (χ0v) is 12.3. The summed E-state index contributed by atoms with van der Waals surface area (Å²) in [6.07, 6.45) is 0.718. The van der Waals surface area contributed by atoms with E-state index < -0.39 is 6.00 Å². The first-order valence-electron chi connectivity index (χ1n) is 5.00. The van der Waals surface area contributed by atoms with Gasteiger partial charge in [-0.3, -0.25) is 0 Å². The van der Waals surface area contributed by atoms with Crippen molar-refractivity contribution in [2.24, 2.45) is 0 Å². The monoisotopic (exact) mass is 290 g/mol. The highest BCUT2D eigenvalue weighted by molar-refractivity contribution is 7.64. The van der Waals surface area contributed by atoms with Crippen LogP contribution in [0.1, 0.15) is 20.3 Å². The largest absolute Gasteiger partial charge is 0.341 e. The maximum Gasteiger partial charge on any atom is 0.341 e. The summed E-state index contributed by atoms with van der Waals surface area (Å²) in [5, 5.41) is 2.79. The average molecular weight is 292 g/mol. The lowest BCUT2D eigenvalue weighted by Crippen LogP contribution is -2.40. The highest BCUT2D eigenvalue weighted by atomic mass is 35.8. The summed E-state index contributed by atoms with van der Waals surface area (Å²) in [4.78, 5) is 13.2. The second kappa shape index (κ2) is 7.60. The van der Waals surface area contributed by atoms with Crippen LogP contribution in [0.2, 0.25) is 6.04 Å². The first-order valence-corrected chi connectivity index (χ1v) is 10.2. The standard InChI is InChI=1S/C8H17Cl3N2OSi/c1-3-13(4-2)8(14)12-6-5-7-15(9,10)11/h3-7H2,1-2H3,(H,12,14). The molecule has 0 saturated carbocycles. The molecule has 3 nitrogen and oxygen atoms in total. The van der Waals surface area contributed by atoms with Crippen LogP contribution in [-0.2, 0) is 0 Å². The molecular weight excluding hydrogens is 275 g/mol. The van der Waals surface area contributed by atoms with Crippen LogP contribution in [0.4, 0.5) is 4.79 Å². The van der Waals surface area contributed by atoms with Crippen LogP contribution in [-0.4, -0.2) is 36.6 Å². The number of carbonyl (C=O) groups is 1. The van der Waals surface area contributed by atoms with Gasteiger partial charge in [-0.2, -0.15) is 0 Å². The molecule has 0 aromatic heterocycles. The smallest absolute Gasteiger partial charge is 0.338 e. The molecule has 0 radical (unpaired) electrons. The summed E-state index contributed by atoms with van der Waals surface area (Å²) in [7, 11) is 0. The average Bonchev–Trinajstić information content (AvgIpc) is 2.13. The van der Waals surface area contributed by atoms with Gasteiger partial charge >= 0.3 is 12.0 Å². The summed E-state index contributed by atoms with van der Waals surface area (Å²) < 4.78 is 0. The van der Waals surface area contributed by atoms with Crippen LogP contribution in [0.15, 0.2) is 0 Å². The van der Waals surface area contributed by atoms with Gasteiger partial charge < -0.3 is 10.2 Å². The molecule has 0 aromatic carbocycles. The molecule has 15 heavy (non-hydrogen) atoms. The minimum absolute atomic E-state index is 0.0500. The Morgan fingerprint density at radius 1 is 1.27 bits per heavy atom. The summed E-state index contributed by atoms with van der Waals surface area (Å²) in [5.74, 6) is 0. The molecule has 0 rings (SSSR count). The van der Waals surface area contributed by atoms with E-state index in [1.165, 1.54) is 0 Å². The topological polar surface area (TPSA) is 32.3 Å². The van der Waals surface area contributed by atoms with E-state index in [0.717, 1.165) is 6.42 Å². The van der Waals surface area contributed by atoms with E-state index in [0.29, 0.717) is 25.7 Å². The molecule has 0 unspecified atom stereocenters. The number of nitrogens with zero attached hydrogens (tertiary/aromatic N) is 1. The van der Waals surface area contributed by atoms with Crippen LogP contribution in [0.3, 0.4) is 0 Å². The Balaban J connectivity index is 3.63. The van der Waals surface area contributed by atoms with Crippen LogP contribution in [0, 0.1) is 0 Å². The van der Waals surface area contributed by atoms with Crippen molar-refractivity contribution >= 4 is 45.3 Å². The minimum atomic E-state index is -2.52. The maximum atomic E-state index is 11.5. The number of carbonyl (C=O) groups excluding carboxylic acids is 1. The van der Waals surface area contributed by atoms with Gasteiger partial charge in [0, 0.05) is 19.6 Å². The molecule has 0 aliphatic carbocycles. The molecular formula is C8H17Cl3N2OSi.